The van der Waals surface area contributed by atoms with Gasteiger partial charge in [-0.05, 0) is 48.2 Å². The van der Waals surface area contributed by atoms with Crippen molar-refractivity contribution in [2.75, 3.05) is 4.90 Å². The minimum atomic E-state index is -4.78. The van der Waals surface area contributed by atoms with Crippen molar-refractivity contribution >= 4 is 11.6 Å². The van der Waals surface area contributed by atoms with Crippen molar-refractivity contribution in [3.05, 3.63) is 64.7 Å². The van der Waals surface area contributed by atoms with Crippen LogP contribution in [-0.2, 0) is 23.4 Å². The van der Waals surface area contributed by atoms with E-state index in [0.717, 1.165) is 5.56 Å². The molecule has 1 N–H and O–H groups in total. The van der Waals surface area contributed by atoms with Crippen molar-refractivity contribution in [1.29, 1.82) is 5.26 Å². The summed E-state index contributed by atoms with van der Waals surface area (Å²) < 4.78 is 38.8. The smallest absolute Gasteiger partial charge is 0.376 e. The monoisotopic (exact) mass is 374 g/mol. The lowest BCUT2D eigenvalue weighted by atomic mass is 9.94. The molecular formula is C20H17F3N2O2. The van der Waals surface area contributed by atoms with Gasteiger partial charge in [-0.15, -0.1) is 0 Å². The standard InChI is InChI=1S/C20H17F3N2O2/c1-19(27,20(21,22)23)16-6-2-13(3-7-16)12-25-17-8-4-14(11-24)10-15(17)5-9-18(25)26/h2-4,6-8,10,27H,5,9,12H2,1H3. The summed E-state index contributed by atoms with van der Waals surface area (Å²) in [5.74, 6) is -0.0847. The van der Waals surface area contributed by atoms with Crippen LogP contribution in [0.25, 0.3) is 0 Å². The minimum absolute atomic E-state index is 0.0847. The summed E-state index contributed by atoms with van der Waals surface area (Å²) in [4.78, 5) is 13.9. The summed E-state index contributed by atoms with van der Waals surface area (Å²) in [5.41, 5.74) is -0.444. The van der Waals surface area contributed by atoms with Gasteiger partial charge in [-0.25, -0.2) is 0 Å². The Hall–Kier alpha value is -2.85. The van der Waals surface area contributed by atoms with Crippen LogP contribution in [0.1, 0.15) is 35.6 Å². The number of carbonyl (C=O) groups excluding carboxylic acids is 1. The third-order valence-corrected chi connectivity index (χ3v) is 4.82. The molecule has 1 atom stereocenters. The first-order valence-corrected chi connectivity index (χ1v) is 8.35. The Labute approximate surface area is 154 Å². The molecule has 0 spiro atoms. The normalized spacial score (nSPS) is 16.4. The molecule has 1 unspecified atom stereocenters. The lowest BCUT2D eigenvalue weighted by Crippen LogP contribution is -2.39. The van der Waals surface area contributed by atoms with Crippen LogP contribution in [0.15, 0.2) is 42.5 Å². The molecule has 0 radical (unpaired) electrons. The van der Waals surface area contributed by atoms with E-state index in [-0.39, 0.29) is 18.0 Å². The van der Waals surface area contributed by atoms with Crippen LogP contribution in [0, 0.1) is 11.3 Å². The molecule has 0 bridgehead atoms. The number of hydrogen-bond donors (Lipinski definition) is 1. The lowest BCUT2D eigenvalue weighted by Gasteiger charge is -2.30. The van der Waals surface area contributed by atoms with Crippen LogP contribution in [0.2, 0.25) is 0 Å². The van der Waals surface area contributed by atoms with Gasteiger partial charge < -0.3 is 10.0 Å². The zero-order valence-electron chi connectivity index (χ0n) is 14.5. The number of fused-ring (bicyclic) bond motifs is 1. The highest BCUT2D eigenvalue weighted by atomic mass is 19.4. The highest BCUT2D eigenvalue weighted by Crippen LogP contribution is 2.38. The second-order valence-electron chi connectivity index (χ2n) is 6.70. The summed E-state index contributed by atoms with van der Waals surface area (Å²) in [7, 11) is 0. The first-order valence-electron chi connectivity index (χ1n) is 8.35. The van der Waals surface area contributed by atoms with Gasteiger partial charge in [0.2, 0.25) is 5.91 Å². The van der Waals surface area contributed by atoms with E-state index in [1.54, 1.807) is 23.1 Å². The number of amides is 1. The number of carbonyl (C=O) groups is 1. The first-order chi connectivity index (χ1) is 12.6. The summed E-state index contributed by atoms with van der Waals surface area (Å²) in [6, 6.07) is 12.5. The highest BCUT2D eigenvalue weighted by molar-refractivity contribution is 5.96. The Bertz CT molecular complexity index is 912. The fourth-order valence-corrected chi connectivity index (χ4v) is 3.08. The Kier molecular flexibility index (Phi) is 4.70. The number of anilines is 1. The van der Waals surface area contributed by atoms with Crippen molar-refractivity contribution in [1.82, 2.24) is 0 Å². The van der Waals surface area contributed by atoms with E-state index in [2.05, 4.69) is 6.07 Å². The van der Waals surface area contributed by atoms with Crippen LogP contribution in [0.4, 0.5) is 18.9 Å². The Morgan fingerprint density at radius 1 is 1.15 bits per heavy atom. The van der Waals surface area contributed by atoms with Gasteiger partial charge in [0.05, 0.1) is 18.2 Å². The molecule has 0 saturated heterocycles. The van der Waals surface area contributed by atoms with Crippen LogP contribution in [-0.4, -0.2) is 17.2 Å². The number of aryl methyl sites for hydroxylation is 1. The first kappa shape index (κ1) is 18.9. The second-order valence-corrected chi connectivity index (χ2v) is 6.70. The lowest BCUT2D eigenvalue weighted by molar-refractivity contribution is -0.258. The zero-order chi connectivity index (χ0) is 19.8. The maximum absolute atomic E-state index is 12.9. The Balaban J connectivity index is 1.86. The molecule has 0 aliphatic carbocycles. The van der Waals surface area contributed by atoms with Crippen LogP contribution >= 0.6 is 0 Å². The summed E-state index contributed by atoms with van der Waals surface area (Å²) in [6.45, 7) is 0.908. The SMILES string of the molecule is CC(O)(c1ccc(CN2C(=O)CCc3cc(C#N)ccc32)cc1)C(F)(F)F. The van der Waals surface area contributed by atoms with E-state index in [4.69, 9.17) is 5.26 Å². The molecule has 0 fully saturated rings. The molecule has 1 heterocycles. The number of nitriles is 1. The van der Waals surface area contributed by atoms with Gasteiger partial charge >= 0.3 is 6.18 Å². The number of hydrogen-bond acceptors (Lipinski definition) is 3. The highest BCUT2D eigenvalue weighted by Gasteiger charge is 2.51. The molecule has 1 amide bonds. The maximum atomic E-state index is 12.9. The molecule has 27 heavy (non-hydrogen) atoms. The van der Waals surface area contributed by atoms with Gasteiger partial charge in [0, 0.05) is 12.1 Å². The van der Waals surface area contributed by atoms with E-state index in [1.165, 1.54) is 24.3 Å². The Morgan fingerprint density at radius 3 is 2.41 bits per heavy atom. The van der Waals surface area contributed by atoms with Crippen molar-refractivity contribution in [2.24, 2.45) is 0 Å². The molecule has 0 aromatic heterocycles. The van der Waals surface area contributed by atoms with Crippen LogP contribution in [0.3, 0.4) is 0 Å². The number of halogens is 3. The van der Waals surface area contributed by atoms with Gasteiger partial charge in [-0.1, -0.05) is 24.3 Å². The molecular weight excluding hydrogens is 357 g/mol. The average Bonchev–Trinajstić information content (AvgIpc) is 2.63. The quantitative estimate of drug-likeness (QED) is 0.889. The molecule has 2 aromatic rings. The molecule has 0 saturated carbocycles. The van der Waals surface area contributed by atoms with Gasteiger partial charge in [0.15, 0.2) is 5.60 Å². The number of rotatable bonds is 3. The molecule has 2 aromatic carbocycles. The summed E-state index contributed by atoms with van der Waals surface area (Å²) >= 11 is 0. The minimum Gasteiger partial charge on any atom is -0.376 e. The predicted octanol–water partition coefficient (Wildman–Crippen LogP) is 3.81. The van der Waals surface area contributed by atoms with Gasteiger partial charge in [0.1, 0.15) is 0 Å². The Morgan fingerprint density at radius 2 is 1.81 bits per heavy atom. The molecule has 140 valence electrons. The van der Waals surface area contributed by atoms with Gasteiger partial charge in [0.25, 0.3) is 0 Å². The van der Waals surface area contributed by atoms with E-state index < -0.39 is 11.8 Å². The summed E-state index contributed by atoms with van der Waals surface area (Å²) in [5, 5.41) is 18.8. The van der Waals surface area contributed by atoms with Crippen LogP contribution < -0.4 is 4.90 Å². The molecule has 1 aliphatic heterocycles. The van der Waals surface area contributed by atoms with Gasteiger partial charge in [-0.3, -0.25) is 4.79 Å². The fourth-order valence-electron chi connectivity index (χ4n) is 3.08. The van der Waals surface area contributed by atoms with Crippen molar-refractivity contribution in [3.8, 4) is 6.07 Å². The van der Waals surface area contributed by atoms with Crippen molar-refractivity contribution in [2.45, 2.75) is 38.1 Å². The van der Waals surface area contributed by atoms with Crippen molar-refractivity contribution in [3.63, 3.8) is 0 Å². The third kappa shape index (κ3) is 3.53. The second kappa shape index (κ2) is 6.71. The average molecular weight is 374 g/mol. The topological polar surface area (TPSA) is 64.3 Å². The number of aliphatic hydroxyl groups is 1. The molecule has 1 aliphatic rings. The largest absolute Gasteiger partial charge is 0.421 e. The molecule has 4 nitrogen and oxygen atoms in total. The van der Waals surface area contributed by atoms with E-state index in [1.807, 2.05) is 0 Å². The third-order valence-electron chi connectivity index (χ3n) is 4.82. The summed E-state index contributed by atoms with van der Waals surface area (Å²) in [6.07, 6.45) is -3.93. The van der Waals surface area contributed by atoms with Crippen LogP contribution in [0.5, 0.6) is 0 Å². The fraction of sp³-hybridized carbons (Fsp3) is 0.300. The predicted molar refractivity (Wildman–Crippen MR) is 92.7 cm³/mol. The number of alkyl halides is 3. The van der Waals surface area contributed by atoms with Crippen molar-refractivity contribution < 1.29 is 23.1 Å². The van der Waals surface area contributed by atoms with Gasteiger partial charge in [-0.2, -0.15) is 18.4 Å². The molecule has 7 heteroatoms. The van der Waals surface area contributed by atoms with E-state index in [0.29, 0.717) is 36.6 Å². The number of benzene rings is 2. The van der Waals surface area contributed by atoms with E-state index >= 15 is 0 Å². The maximum Gasteiger partial charge on any atom is 0.421 e. The molecule has 3 rings (SSSR count). The van der Waals surface area contributed by atoms with E-state index in [9.17, 15) is 23.1 Å². The zero-order valence-corrected chi connectivity index (χ0v) is 14.5. The number of nitrogens with zero attached hydrogens (tertiary/aromatic N) is 2.